The maximum atomic E-state index is 12.5. The number of halogens is 3. The van der Waals surface area contributed by atoms with E-state index in [0.29, 0.717) is 34.3 Å². The fraction of sp³-hybridized carbons (Fsp3) is 0.200. The Hall–Kier alpha value is -3.69. The molecule has 0 atom stereocenters. The van der Waals surface area contributed by atoms with Gasteiger partial charge in [-0.1, -0.05) is 12.1 Å². The number of hydrogen-bond donors (Lipinski definition) is 2. The maximum Gasteiger partial charge on any atom is 0.573 e. The van der Waals surface area contributed by atoms with Crippen molar-refractivity contribution in [2.45, 2.75) is 6.36 Å². The van der Waals surface area contributed by atoms with Gasteiger partial charge in [-0.2, -0.15) is 4.98 Å². The van der Waals surface area contributed by atoms with Crippen LogP contribution in [-0.4, -0.2) is 37.6 Å². The van der Waals surface area contributed by atoms with Crippen molar-refractivity contribution in [1.29, 1.82) is 0 Å². The summed E-state index contributed by atoms with van der Waals surface area (Å²) >= 11 is 0. The number of aromatic nitrogens is 2. The number of ether oxygens (including phenoxy) is 3. The monoisotopic (exact) mass is 420 g/mol. The Balaban J connectivity index is 1.96. The van der Waals surface area contributed by atoms with Crippen LogP contribution in [-0.2, 0) is 0 Å². The molecule has 0 aliphatic heterocycles. The van der Waals surface area contributed by atoms with E-state index in [0.717, 1.165) is 0 Å². The first-order chi connectivity index (χ1) is 14.3. The molecule has 0 unspecified atom stereocenters. The summed E-state index contributed by atoms with van der Waals surface area (Å²) in [5, 5.41) is 5.97. The van der Waals surface area contributed by atoms with Gasteiger partial charge >= 0.3 is 6.36 Å². The van der Waals surface area contributed by atoms with Gasteiger partial charge in [0.15, 0.2) is 0 Å². The van der Waals surface area contributed by atoms with Gasteiger partial charge in [-0.15, -0.1) is 13.2 Å². The first-order valence-electron chi connectivity index (χ1n) is 8.73. The molecule has 10 heteroatoms. The lowest BCUT2D eigenvalue weighted by Gasteiger charge is -2.13. The number of anilines is 3. The van der Waals surface area contributed by atoms with Crippen LogP contribution >= 0.6 is 0 Å². The van der Waals surface area contributed by atoms with Crippen LogP contribution < -0.4 is 24.8 Å². The zero-order valence-electron chi connectivity index (χ0n) is 16.4. The molecule has 0 aliphatic rings. The quantitative estimate of drug-likeness (QED) is 0.566. The number of nitrogens with one attached hydrogen (secondary N) is 2. The van der Waals surface area contributed by atoms with Crippen LogP contribution in [0.1, 0.15) is 0 Å². The third-order valence-electron chi connectivity index (χ3n) is 3.94. The Bertz CT molecular complexity index is 1010. The van der Waals surface area contributed by atoms with Crippen molar-refractivity contribution in [3.8, 4) is 28.5 Å². The molecule has 0 spiro atoms. The molecule has 30 heavy (non-hydrogen) atoms. The molecule has 3 rings (SSSR count). The summed E-state index contributed by atoms with van der Waals surface area (Å²) in [6, 6.07) is 12.4. The SMILES string of the molecule is CNc1nc(Nc2cc(OC)cc(OC)c2)cc(-c2cccc(OC(F)(F)F)c2)n1. The molecule has 2 N–H and O–H groups in total. The summed E-state index contributed by atoms with van der Waals surface area (Å²) in [6.45, 7) is 0. The maximum absolute atomic E-state index is 12.5. The van der Waals surface area contributed by atoms with Crippen molar-refractivity contribution in [2.75, 3.05) is 31.9 Å². The molecule has 0 bridgehead atoms. The van der Waals surface area contributed by atoms with Crippen LogP contribution in [0.25, 0.3) is 11.3 Å². The molecule has 1 heterocycles. The van der Waals surface area contributed by atoms with Crippen LogP contribution in [0.5, 0.6) is 17.2 Å². The van der Waals surface area contributed by atoms with Crippen molar-refractivity contribution in [2.24, 2.45) is 0 Å². The minimum Gasteiger partial charge on any atom is -0.497 e. The predicted octanol–water partition coefficient (Wildman–Crippen LogP) is 4.84. The minimum atomic E-state index is -4.78. The number of hydrogen-bond acceptors (Lipinski definition) is 7. The van der Waals surface area contributed by atoms with Gasteiger partial charge in [0.2, 0.25) is 5.95 Å². The highest BCUT2D eigenvalue weighted by atomic mass is 19.4. The van der Waals surface area contributed by atoms with E-state index < -0.39 is 6.36 Å². The van der Waals surface area contributed by atoms with E-state index in [4.69, 9.17) is 9.47 Å². The molecule has 2 aromatic carbocycles. The highest BCUT2D eigenvalue weighted by Gasteiger charge is 2.31. The molecule has 0 radical (unpaired) electrons. The third kappa shape index (κ3) is 5.43. The van der Waals surface area contributed by atoms with E-state index in [9.17, 15) is 13.2 Å². The fourth-order valence-electron chi connectivity index (χ4n) is 2.65. The van der Waals surface area contributed by atoms with Gasteiger partial charge in [0.25, 0.3) is 0 Å². The van der Waals surface area contributed by atoms with Crippen molar-refractivity contribution >= 4 is 17.5 Å². The Morgan fingerprint density at radius 2 is 1.57 bits per heavy atom. The van der Waals surface area contributed by atoms with Crippen molar-refractivity contribution in [1.82, 2.24) is 9.97 Å². The third-order valence-corrected chi connectivity index (χ3v) is 3.94. The first kappa shape index (κ1) is 21.0. The highest BCUT2D eigenvalue weighted by molar-refractivity contribution is 5.69. The number of nitrogens with zero attached hydrogens (tertiary/aromatic N) is 2. The van der Waals surface area contributed by atoms with Gasteiger partial charge < -0.3 is 24.8 Å². The molecular weight excluding hydrogens is 401 g/mol. The highest BCUT2D eigenvalue weighted by Crippen LogP contribution is 2.31. The number of rotatable bonds is 7. The molecule has 0 fully saturated rings. The zero-order chi connectivity index (χ0) is 21.7. The van der Waals surface area contributed by atoms with Crippen LogP contribution in [0.2, 0.25) is 0 Å². The van der Waals surface area contributed by atoms with Crippen molar-refractivity contribution in [3.05, 3.63) is 48.5 Å². The van der Waals surface area contributed by atoms with Crippen LogP contribution in [0.3, 0.4) is 0 Å². The lowest BCUT2D eigenvalue weighted by molar-refractivity contribution is -0.274. The summed E-state index contributed by atoms with van der Waals surface area (Å²) in [6.07, 6.45) is -4.78. The summed E-state index contributed by atoms with van der Waals surface area (Å²) in [5.41, 5.74) is 1.48. The zero-order valence-corrected chi connectivity index (χ0v) is 16.4. The summed E-state index contributed by atoms with van der Waals surface area (Å²) < 4.78 is 52.1. The molecule has 158 valence electrons. The first-order valence-corrected chi connectivity index (χ1v) is 8.73. The van der Waals surface area contributed by atoms with Gasteiger partial charge in [0.1, 0.15) is 23.1 Å². The Morgan fingerprint density at radius 3 is 2.17 bits per heavy atom. The molecule has 0 aliphatic carbocycles. The second kappa shape index (κ2) is 8.76. The smallest absolute Gasteiger partial charge is 0.497 e. The van der Waals surface area contributed by atoms with E-state index in [1.54, 1.807) is 37.4 Å². The van der Waals surface area contributed by atoms with E-state index in [-0.39, 0.29) is 11.7 Å². The predicted molar refractivity (Wildman–Crippen MR) is 107 cm³/mol. The Labute approximate surface area is 170 Å². The normalized spacial score (nSPS) is 11.0. The minimum absolute atomic E-state index is 0.284. The molecule has 0 saturated heterocycles. The number of benzene rings is 2. The average Bonchev–Trinajstić information content (AvgIpc) is 2.72. The number of alkyl halides is 3. The van der Waals surface area contributed by atoms with E-state index >= 15 is 0 Å². The largest absolute Gasteiger partial charge is 0.573 e. The van der Waals surface area contributed by atoms with Gasteiger partial charge in [-0.25, -0.2) is 4.98 Å². The van der Waals surface area contributed by atoms with Crippen molar-refractivity contribution in [3.63, 3.8) is 0 Å². The second-order valence-electron chi connectivity index (χ2n) is 6.01. The molecule has 0 amide bonds. The second-order valence-corrected chi connectivity index (χ2v) is 6.01. The van der Waals surface area contributed by atoms with Crippen LogP contribution in [0, 0.1) is 0 Å². The standard InChI is InChI=1S/C20H19F3N4O3/c1-24-19-26-17(12-5-4-6-14(7-12)30-20(21,22)23)11-18(27-19)25-13-8-15(28-2)10-16(9-13)29-3/h4-11H,1-3H3,(H2,24,25,26,27). The summed E-state index contributed by atoms with van der Waals surface area (Å²) in [7, 11) is 4.72. The Kier molecular flexibility index (Phi) is 6.14. The topological polar surface area (TPSA) is 77.5 Å². The van der Waals surface area contributed by atoms with Crippen LogP contribution in [0.15, 0.2) is 48.5 Å². The van der Waals surface area contributed by atoms with Crippen LogP contribution in [0.4, 0.5) is 30.6 Å². The van der Waals surface area contributed by atoms with Gasteiger partial charge in [0.05, 0.1) is 19.9 Å². The average molecular weight is 420 g/mol. The lowest BCUT2D eigenvalue weighted by Crippen LogP contribution is -2.17. The molecule has 1 aromatic heterocycles. The van der Waals surface area contributed by atoms with Gasteiger partial charge in [0, 0.05) is 42.6 Å². The lowest BCUT2D eigenvalue weighted by atomic mass is 10.1. The van der Waals surface area contributed by atoms with E-state index in [1.165, 1.54) is 32.4 Å². The van der Waals surface area contributed by atoms with Crippen molar-refractivity contribution < 1.29 is 27.4 Å². The Morgan fingerprint density at radius 1 is 0.867 bits per heavy atom. The van der Waals surface area contributed by atoms with Gasteiger partial charge in [-0.3, -0.25) is 0 Å². The summed E-state index contributed by atoms with van der Waals surface area (Å²) in [5.74, 6) is 1.53. The molecule has 7 nitrogen and oxygen atoms in total. The summed E-state index contributed by atoms with van der Waals surface area (Å²) in [4.78, 5) is 8.66. The molecular formula is C20H19F3N4O3. The van der Waals surface area contributed by atoms with E-state index in [2.05, 4.69) is 25.3 Å². The number of methoxy groups -OCH3 is 2. The fourth-order valence-corrected chi connectivity index (χ4v) is 2.65. The molecule has 0 saturated carbocycles. The van der Waals surface area contributed by atoms with Gasteiger partial charge in [-0.05, 0) is 12.1 Å². The molecule has 3 aromatic rings. The van der Waals surface area contributed by atoms with E-state index in [1.807, 2.05) is 0 Å².